The number of Topliss-reactive ketones (excluding diaryl/α,β-unsaturated/α-hetero) is 1. The zero-order valence-corrected chi connectivity index (χ0v) is 19.3. The molecule has 3 aromatic rings. The molecular formula is C29H29NO4. The van der Waals surface area contributed by atoms with Crippen LogP contribution < -0.4 is 4.74 Å². The van der Waals surface area contributed by atoms with E-state index >= 15 is 0 Å². The van der Waals surface area contributed by atoms with E-state index in [9.17, 15) is 14.7 Å². The van der Waals surface area contributed by atoms with Gasteiger partial charge in [-0.15, -0.1) is 0 Å². The molecule has 1 N–H and O–H groups in total. The number of benzene rings is 3. The van der Waals surface area contributed by atoms with Crippen LogP contribution in [0.3, 0.4) is 0 Å². The van der Waals surface area contributed by atoms with Gasteiger partial charge in [-0.25, -0.2) is 0 Å². The highest BCUT2D eigenvalue weighted by molar-refractivity contribution is 6.46. The van der Waals surface area contributed by atoms with Crippen LogP contribution in [-0.4, -0.2) is 34.8 Å². The van der Waals surface area contributed by atoms with Crippen molar-refractivity contribution in [1.29, 1.82) is 0 Å². The number of carbonyl (C=O) groups is 2. The van der Waals surface area contributed by atoms with E-state index in [1.54, 1.807) is 23.1 Å². The van der Waals surface area contributed by atoms with Crippen LogP contribution in [-0.2, 0) is 16.0 Å². The predicted octanol–water partition coefficient (Wildman–Crippen LogP) is 5.53. The summed E-state index contributed by atoms with van der Waals surface area (Å²) in [5.41, 5.74) is 2.42. The molecule has 0 spiro atoms. The Kier molecular flexibility index (Phi) is 7.43. The smallest absolute Gasteiger partial charge is 0.295 e. The van der Waals surface area contributed by atoms with Crippen molar-refractivity contribution >= 4 is 17.4 Å². The molecule has 3 aromatic carbocycles. The highest BCUT2D eigenvalue weighted by atomic mass is 16.5. The van der Waals surface area contributed by atoms with Crippen LogP contribution in [0.5, 0.6) is 5.75 Å². The number of likely N-dealkylation sites (tertiary alicyclic amines) is 1. The lowest BCUT2D eigenvalue weighted by molar-refractivity contribution is -0.139. The number of ether oxygens (including phenoxy) is 1. The van der Waals surface area contributed by atoms with Gasteiger partial charge < -0.3 is 14.7 Å². The number of hydrogen-bond donors (Lipinski definition) is 1. The maximum absolute atomic E-state index is 13.2. The highest BCUT2D eigenvalue weighted by Crippen LogP contribution is 2.39. The second kappa shape index (κ2) is 10.8. The van der Waals surface area contributed by atoms with Gasteiger partial charge in [-0.1, -0.05) is 86.1 Å². The van der Waals surface area contributed by atoms with Crippen molar-refractivity contribution in [2.24, 2.45) is 0 Å². The Hall–Kier alpha value is -3.86. The topological polar surface area (TPSA) is 66.8 Å². The standard InChI is InChI=1S/C29H29NO4/c1-2-3-19-34-24-16-10-15-23(20-24)27(31)25-26(22-13-8-5-9-14-22)30(29(33)28(25)32)18-17-21-11-6-4-7-12-21/h4-16,20,26,31H,2-3,17-19H2,1H3/b27-25+. The largest absolute Gasteiger partial charge is 0.507 e. The summed E-state index contributed by atoms with van der Waals surface area (Å²) in [4.78, 5) is 27.9. The van der Waals surface area contributed by atoms with E-state index in [4.69, 9.17) is 4.74 Å². The van der Waals surface area contributed by atoms with Gasteiger partial charge in [-0.2, -0.15) is 0 Å². The zero-order valence-electron chi connectivity index (χ0n) is 19.3. The van der Waals surface area contributed by atoms with Crippen molar-refractivity contribution in [3.63, 3.8) is 0 Å². The number of amides is 1. The number of nitrogens with zero attached hydrogens (tertiary/aromatic N) is 1. The molecule has 0 bridgehead atoms. The Labute approximate surface area is 200 Å². The molecule has 34 heavy (non-hydrogen) atoms. The van der Waals surface area contributed by atoms with Crippen LogP contribution in [0.15, 0.2) is 90.5 Å². The lowest BCUT2D eigenvalue weighted by atomic mass is 9.95. The summed E-state index contributed by atoms with van der Waals surface area (Å²) in [5.74, 6) is -0.833. The molecule has 1 unspecified atom stereocenters. The number of unbranched alkanes of at least 4 members (excludes halogenated alkanes) is 1. The molecule has 4 rings (SSSR count). The number of hydrogen-bond acceptors (Lipinski definition) is 4. The fraction of sp³-hybridized carbons (Fsp3) is 0.241. The second-order valence-corrected chi connectivity index (χ2v) is 8.37. The van der Waals surface area contributed by atoms with Crippen LogP contribution in [0.2, 0.25) is 0 Å². The Balaban J connectivity index is 1.71. The molecule has 0 radical (unpaired) electrons. The number of ketones is 1. The van der Waals surface area contributed by atoms with Gasteiger partial charge in [0.15, 0.2) is 0 Å². The van der Waals surface area contributed by atoms with Gasteiger partial charge >= 0.3 is 0 Å². The van der Waals surface area contributed by atoms with Crippen molar-refractivity contribution < 1.29 is 19.4 Å². The second-order valence-electron chi connectivity index (χ2n) is 8.37. The van der Waals surface area contributed by atoms with Gasteiger partial charge in [0.1, 0.15) is 11.5 Å². The van der Waals surface area contributed by atoms with E-state index in [0.717, 1.165) is 24.0 Å². The van der Waals surface area contributed by atoms with Crippen molar-refractivity contribution in [2.75, 3.05) is 13.2 Å². The normalized spacial score (nSPS) is 17.2. The van der Waals surface area contributed by atoms with Crippen molar-refractivity contribution in [3.8, 4) is 5.75 Å². The molecule has 5 nitrogen and oxygen atoms in total. The summed E-state index contributed by atoms with van der Waals surface area (Å²) in [6, 6.07) is 25.6. The van der Waals surface area contributed by atoms with E-state index in [2.05, 4.69) is 6.92 Å². The van der Waals surface area contributed by atoms with Gasteiger partial charge in [0.05, 0.1) is 18.2 Å². The molecule has 0 saturated carbocycles. The van der Waals surface area contributed by atoms with Crippen LogP contribution >= 0.6 is 0 Å². The molecule has 1 atom stereocenters. The fourth-order valence-corrected chi connectivity index (χ4v) is 4.21. The van der Waals surface area contributed by atoms with Crippen LogP contribution in [0, 0.1) is 0 Å². The molecule has 0 aromatic heterocycles. The van der Waals surface area contributed by atoms with Gasteiger partial charge in [-0.3, -0.25) is 9.59 Å². The summed E-state index contributed by atoms with van der Waals surface area (Å²) in [7, 11) is 0. The van der Waals surface area contributed by atoms with Gasteiger partial charge in [0.25, 0.3) is 11.7 Å². The van der Waals surface area contributed by atoms with Crippen LogP contribution in [0.4, 0.5) is 0 Å². The summed E-state index contributed by atoms with van der Waals surface area (Å²) >= 11 is 0. The zero-order chi connectivity index (χ0) is 23.9. The molecule has 174 valence electrons. The monoisotopic (exact) mass is 455 g/mol. The third-order valence-electron chi connectivity index (χ3n) is 6.01. The average molecular weight is 456 g/mol. The highest BCUT2D eigenvalue weighted by Gasteiger charge is 2.45. The molecule has 1 heterocycles. The Morgan fingerprint density at radius 3 is 2.35 bits per heavy atom. The maximum Gasteiger partial charge on any atom is 0.295 e. The minimum atomic E-state index is -0.670. The molecule has 1 fully saturated rings. The molecular weight excluding hydrogens is 426 g/mol. The number of aliphatic hydroxyl groups is 1. The quantitative estimate of drug-likeness (QED) is 0.199. The fourth-order valence-electron chi connectivity index (χ4n) is 4.21. The number of rotatable bonds is 9. The molecule has 1 amide bonds. The first-order valence-electron chi connectivity index (χ1n) is 11.7. The van der Waals surface area contributed by atoms with E-state index in [0.29, 0.717) is 30.9 Å². The predicted molar refractivity (Wildman–Crippen MR) is 132 cm³/mol. The first-order chi connectivity index (χ1) is 16.6. The molecule has 0 aliphatic carbocycles. The minimum Gasteiger partial charge on any atom is -0.507 e. The van der Waals surface area contributed by atoms with Crippen LogP contribution in [0.1, 0.15) is 42.5 Å². The van der Waals surface area contributed by atoms with Crippen molar-refractivity contribution in [3.05, 3.63) is 107 Å². The summed E-state index contributed by atoms with van der Waals surface area (Å²) in [6.07, 6.45) is 2.55. The average Bonchev–Trinajstić information content (AvgIpc) is 3.13. The third kappa shape index (κ3) is 5.04. The van der Waals surface area contributed by atoms with E-state index in [1.807, 2.05) is 66.7 Å². The van der Waals surface area contributed by atoms with E-state index < -0.39 is 17.7 Å². The van der Waals surface area contributed by atoms with E-state index in [-0.39, 0.29) is 11.3 Å². The summed E-state index contributed by atoms with van der Waals surface area (Å²) < 4.78 is 5.77. The van der Waals surface area contributed by atoms with Crippen LogP contribution in [0.25, 0.3) is 5.76 Å². The lowest BCUT2D eigenvalue weighted by Gasteiger charge is -2.25. The Bertz CT molecular complexity index is 1170. The van der Waals surface area contributed by atoms with Gasteiger partial charge in [-0.05, 0) is 36.1 Å². The third-order valence-corrected chi connectivity index (χ3v) is 6.01. The molecule has 1 aliphatic heterocycles. The minimum absolute atomic E-state index is 0.106. The SMILES string of the molecule is CCCCOc1cccc(/C(O)=C2\C(=O)C(=O)N(CCc3ccccc3)C2c2ccccc2)c1. The molecule has 1 saturated heterocycles. The van der Waals surface area contributed by atoms with Crippen molar-refractivity contribution in [2.45, 2.75) is 32.2 Å². The maximum atomic E-state index is 13.2. The van der Waals surface area contributed by atoms with Crippen molar-refractivity contribution in [1.82, 2.24) is 4.90 Å². The Morgan fingerprint density at radius 1 is 0.941 bits per heavy atom. The van der Waals surface area contributed by atoms with E-state index in [1.165, 1.54) is 0 Å². The first kappa shape index (κ1) is 23.3. The number of carbonyl (C=O) groups excluding carboxylic acids is 2. The van der Waals surface area contributed by atoms with Gasteiger partial charge in [0, 0.05) is 12.1 Å². The summed E-state index contributed by atoms with van der Waals surface area (Å²) in [6.45, 7) is 3.03. The lowest BCUT2D eigenvalue weighted by Crippen LogP contribution is -2.31. The molecule has 1 aliphatic rings. The number of aliphatic hydroxyl groups excluding tert-OH is 1. The first-order valence-corrected chi connectivity index (χ1v) is 11.7. The Morgan fingerprint density at radius 2 is 1.65 bits per heavy atom. The van der Waals surface area contributed by atoms with Gasteiger partial charge in [0.2, 0.25) is 0 Å². The summed E-state index contributed by atoms with van der Waals surface area (Å²) in [5, 5.41) is 11.3. The molecule has 5 heteroatoms.